The van der Waals surface area contributed by atoms with Gasteiger partial charge in [0.25, 0.3) is 5.91 Å². The first-order valence-corrected chi connectivity index (χ1v) is 10.8. The Hall–Kier alpha value is -3.12. The number of hydrogen-bond donors (Lipinski definition) is 0. The molecule has 0 fully saturated rings. The number of carbonyl (C=O) groups is 1. The van der Waals surface area contributed by atoms with E-state index >= 15 is 0 Å². The minimum absolute atomic E-state index is 0.130. The van der Waals surface area contributed by atoms with Gasteiger partial charge in [-0.25, -0.2) is 0 Å². The summed E-state index contributed by atoms with van der Waals surface area (Å²) >= 11 is 0. The lowest BCUT2D eigenvalue weighted by atomic mass is 9.98. The molecule has 0 saturated carbocycles. The van der Waals surface area contributed by atoms with Crippen LogP contribution in [0, 0.1) is 0 Å². The van der Waals surface area contributed by atoms with Gasteiger partial charge in [0.2, 0.25) is 5.76 Å². The van der Waals surface area contributed by atoms with Crippen LogP contribution >= 0.6 is 0 Å². The molecule has 1 aromatic heterocycles. The zero-order valence-electron chi connectivity index (χ0n) is 17.9. The van der Waals surface area contributed by atoms with E-state index in [0.29, 0.717) is 49.3 Å². The summed E-state index contributed by atoms with van der Waals surface area (Å²) in [6, 6.07) is 14.2. The van der Waals surface area contributed by atoms with Crippen LogP contribution in [0.3, 0.4) is 0 Å². The van der Waals surface area contributed by atoms with E-state index in [4.69, 9.17) is 13.9 Å². The second kappa shape index (κ2) is 9.35. The second-order valence-corrected chi connectivity index (χ2v) is 7.54. The maximum Gasteiger partial charge on any atom is 0.290 e. The highest BCUT2D eigenvalue weighted by Crippen LogP contribution is 2.39. The number of amides is 1. The third-order valence-corrected chi connectivity index (χ3v) is 5.41. The Bertz CT molecular complexity index is 1140. The lowest BCUT2D eigenvalue weighted by Gasteiger charge is -2.25. The lowest BCUT2D eigenvalue weighted by molar-refractivity contribution is 0.0695. The average Bonchev–Trinajstić information content (AvgIpc) is 3.07. The van der Waals surface area contributed by atoms with Gasteiger partial charge < -0.3 is 18.8 Å². The molecule has 0 unspecified atom stereocenters. The van der Waals surface area contributed by atoms with Crippen molar-refractivity contribution in [2.75, 3.05) is 26.4 Å². The van der Waals surface area contributed by atoms with Crippen molar-refractivity contribution in [1.29, 1.82) is 0 Å². The Balaban J connectivity index is 1.81. The van der Waals surface area contributed by atoms with Crippen molar-refractivity contribution in [3.63, 3.8) is 0 Å². The van der Waals surface area contributed by atoms with Crippen molar-refractivity contribution in [2.45, 2.75) is 32.7 Å². The van der Waals surface area contributed by atoms with Crippen LogP contribution < -0.4 is 10.2 Å². The van der Waals surface area contributed by atoms with Crippen molar-refractivity contribution in [1.82, 2.24) is 4.90 Å². The molecule has 1 amide bonds. The predicted octanol–water partition coefficient (Wildman–Crippen LogP) is 4.55. The number of para-hydroxylation sites is 1. The summed E-state index contributed by atoms with van der Waals surface area (Å²) in [5.41, 5.74) is 1.49. The van der Waals surface area contributed by atoms with Crippen LogP contribution in [0.2, 0.25) is 0 Å². The number of rotatable bonds is 9. The summed E-state index contributed by atoms with van der Waals surface area (Å²) in [5.74, 6) is 0.587. The number of benzene rings is 2. The fourth-order valence-corrected chi connectivity index (χ4v) is 4.02. The van der Waals surface area contributed by atoms with Crippen molar-refractivity contribution in [3.05, 3.63) is 75.6 Å². The molecule has 162 valence electrons. The van der Waals surface area contributed by atoms with Crippen LogP contribution in [0.15, 0.2) is 57.7 Å². The van der Waals surface area contributed by atoms with Gasteiger partial charge in [-0.2, -0.15) is 0 Å². The molecule has 1 aliphatic rings. The summed E-state index contributed by atoms with van der Waals surface area (Å²) in [6.45, 7) is 6.23. The van der Waals surface area contributed by atoms with E-state index in [9.17, 15) is 9.59 Å². The molecule has 0 saturated heterocycles. The summed E-state index contributed by atoms with van der Waals surface area (Å²) in [7, 11) is 0. The molecule has 0 radical (unpaired) electrons. The molecule has 31 heavy (non-hydrogen) atoms. The summed E-state index contributed by atoms with van der Waals surface area (Å²) in [5, 5.41) is 0.480. The monoisotopic (exact) mass is 421 g/mol. The topological polar surface area (TPSA) is 69.0 Å². The number of fused-ring (bicyclic) bond motifs is 2. The predicted molar refractivity (Wildman–Crippen MR) is 119 cm³/mol. The minimum atomic E-state index is -0.518. The number of ether oxygens (including phenoxy) is 2. The Labute approximate surface area is 181 Å². The molecule has 4 rings (SSSR count). The number of nitrogens with zero attached hydrogens (tertiary/aromatic N) is 1. The molecule has 6 heteroatoms. The maximum absolute atomic E-state index is 13.4. The third kappa shape index (κ3) is 4.08. The van der Waals surface area contributed by atoms with E-state index < -0.39 is 6.04 Å². The fraction of sp³-hybridized carbons (Fsp3) is 0.360. The Morgan fingerprint density at radius 1 is 1.03 bits per heavy atom. The molecular formula is C25H27NO5. The van der Waals surface area contributed by atoms with Gasteiger partial charge in [-0.3, -0.25) is 9.59 Å². The zero-order valence-corrected chi connectivity index (χ0v) is 17.9. The first kappa shape index (κ1) is 21.1. The Morgan fingerprint density at radius 3 is 2.68 bits per heavy atom. The molecule has 3 aromatic rings. The highest BCUT2D eigenvalue weighted by Gasteiger charge is 2.42. The molecular weight excluding hydrogens is 394 g/mol. The van der Waals surface area contributed by atoms with Gasteiger partial charge in [0, 0.05) is 19.8 Å². The van der Waals surface area contributed by atoms with Crippen molar-refractivity contribution in [3.8, 4) is 5.75 Å². The van der Waals surface area contributed by atoms with Crippen molar-refractivity contribution in [2.24, 2.45) is 0 Å². The number of hydrogen-bond acceptors (Lipinski definition) is 5. The molecule has 2 aromatic carbocycles. The molecule has 0 spiro atoms. The average molecular weight is 421 g/mol. The zero-order chi connectivity index (χ0) is 21.8. The van der Waals surface area contributed by atoms with E-state index in [1.165, 1.54) is 0 Å². The SMILES string of the molecule is CCCOc1cccc([C@@H]2c3c(oc4ccccc4c3=O)C(=O)N2CCCOCC)c1. The van der Waals surface area contributed by atoms with Gasteiger partial charge in [0.05, 0.1) is 23.6 Å². The van der Waals surface area contributed by atoms with Gasteiger partial charge in [0.1, 0.15) is 11.3 Å². The maximum atomic E-state index is 13.4. The van der Waals surface area contributed by atoms with Gasteiger partial charge in [0.15, 0.2) is 5.43 Å². The van der Waals surface area contributed by atoms with E-state index in [2.05, 4.69) is 0 Å². The van der Waals surface area contributed by atoms with Crippen LogP contribution in [0.5, 0.6) is 5.75 Å². The summed E-state index contributed by atoms with van der Waals surface area (Å²) in [4.78, 5) is 28.5. The van der Waals surface area contributed by atoms with E-state index in [1.54, 1.807) is 29.2 Å². The van der Waals surface area contributed by atoms with Gasteiger partial charge in [-0.15, -0.1) is 0 Å². The van der Waals surface area contributed by atoms with Crippen molar-refractivity contribution < 1.29 is 18.7 Å². The summed E-state index contributed by atoms with van der Waals surface area (Å²) in [6.07, 6.45) is 1.57. The van der Waals surface area contributed by atoms with Crippen LogP contribution in [-0.4, -0.2) is 37.2 Å². The lowest BCUT2D eigenvalue weighted by Crippen LogP contribution is -2.31. The standard InChI is InChI=1S/C25H27NO5/c1-3-14-30-18-10-7-9-17(16-18)22-21-23(27)19-11-5-6-12-20(19)31-24(21)25(28)26(22)13-8-15-29-4-2/h5-7,9-12,16,22H,3-4,8,13-15H2,1-2H3/t22-/m1/s1. The van der Waals surface area contributed by atoms with Crippen molar-refractivity contribution >= 4 is 16.9 Å². The molecule has 0 aliphatic carbocycles. The Morgan fingerprint density at radius 2 is 1.87 bits per heavy atom. The normalized spacial score (nSPS) is 15.5. The van der Waals surface area contributed by atoms with Gasteiger partial charge in [-0.1, -0.05) is 31.2 Å². The molecule has 6 nitrogen and oxygen atoms in total. The molecule has 0 bridgehead atoms. The van der Waals surface area contributed by atoms with Crippen LogP contribution in [0.1, 0.15) is 54.4 Å². The number of carbonyl (C=O) groups excluding carboxylic acids is 1. The molecule has 1 atom stereocenters. The minimum Gasteiger partial charge on any atom is -0.494 e. The van der Waals surface area contributed by atoms with E-state index in [1.807, 2.05) is 38.1 Å². The molecule has 2 heterocycles. The highest BCUT2D eigenvalue weighted by molar-refractivity contribution is 5.99. The van der Waals surface area contributed by atoms with Gasteiger partial charge in [-0.05, 0) is 49.6 Å². The van der Waals surface area contributed by atoms with Crippen LogP contribution in [0.4, 0.5) is 0 Å². The van der Waals surface area contributed by atoms with Crippen LogP contribution in [0.25, 0.3) is 11.0 Å². The fourth-order valence-electron chi connectivity index (χ4n) is 4.02. The van der Waals surface area contributed by atoms with E-state index in [-0.39, 0.29) is 17.1 Å². The first-order valence-electron chi connectivity index (χ1n) is 10.8. The second-order valence-electron chi connectivity index (χ2n) is 7.54. The molecule has 1 aliphatic heterocycles. The Kier molecular flexibility index (Phi) is 6.37. The van der Waals surface area contributed by atoms with E-state index in [0.717, 1.165) is 17.7 Å². The largest absolute Gasteiger partial charge is 0.494 e. The quantitative estimate of drug-likeness (QED) is 0.474. The first-order chi connectivity index (χ1) is 15.2. The smallest absolute Gasteiger partial charge is 0.290 e. The summed E-state index contributed by atoms with van der Waals surface area (Å²) < 4.78 is 17.2. The van der Waals surface area contributed by atoms with Crippen LogP contribution in [-0.2, 0) is 4.74 Å². The molecule has 0 N–H and O–H groups in total. The highest BCUT2D eigenvalue weighted by atomic mass is 16.5. The third-order valence-electron chi connectivity index (χ3n) is 5.41. The van der Waals surface area contributed by atoms with Gasteiger partial charge >= 0.3 is 0 Å².